The van der Waals surface area contributed by atoms with Gasteiger partial charge in [0.05, 0.1) is 5.52 Å². The fourth-order valence-corrected chi connectivity index (χ4v) is 2.88. The van der Waals surface area contributed by atoms with Crippen molar-refractivity contribution in [1.82, 2.24) is 25.0 Å². The van der Waals surface area contributed by atoms with Crippen molar-refractivity contribution in [2.45, 2.75) is 19.4 Å². The van der Waals surface area contributed by atoms with Gasteiger partial charge in [0.2, 0.25) is 0 Å². The largest absolute Gasteiger partial charge is 0.378 e. The lowest BCUT2D eigenvalue weighted by molar-refractivity contribution is 0.143. The Balaban J connectivity index is 1.89. The molecule has 0 radical (unpaired) electrons. The van der Waals surface area contributed by atoms with Gasteiger partial charge in [-0.15, -0.1) is 0 Å². The first kappa shape index (κ1) is 18.7. The molecule has 0 saturated heterocycles. The zero-order valence-corrected chi connectivity index (χ0v) is 15.9. The van der Waals surface area contributed by atoms with Crippen LogP contribution in [-0.2, 0) is 0 Å². The normalized spacial score (nSPS) is 11.5. The summed E-state index contributed by atoms with van der Waals surface area (Å²) < 4.78 is 29.6. The molecule has 29 heavy (non-hydrogen) atoms. The van der Waals surface area contributed by atoms with E-state index in [4.69, 9.17) is 0 Å². The standard InChI is InChI=1S/C20H16F2N6O/c1-20(2,29)7-6-12-8-14(22)10-15(9-12)27(3)18-16-11-13(21)4-5-17(16)28-19(23-18)24-25-26-28/h4-5,8-11,29H,1-3H3. The molecule has 2 aromatic heterocycles. The second kappa shape index (κ2) is 6.76. The maximum absolute atomic E-state index is 14.2. The second-order valence-electron chi connectivity index (χ2n) is 7.05. The Kier molecular flexibility index (Phi) is 4.36. The first-order chi connectivity index (χ1) is 13.7. The minimum atomic E-state index is -1.21. The number of fused-ring (bicyclic) bond motifs is 3. The molecule has 4 rings (SSSR count). The van der Waals surface area contributed by atoms with Crippen molar-refractivity contribution in [3.63, 3.8) is 0 Å². The summed E-state index contributed by atoms with van der Waals surface area (Å²) in [6.45, 7) is 3.08. The van der Waals surface area contributed by atoms with Gasteiger partial charge in [0.25, 0.3) is 5.78 Å². The number of benzene rings is 2. The third-order valence-corrected chi connectivity index (χ3v) is 4.19. The lowest BCUT2D eigenvalue weighted by Gasteiger charge is -2.20. The minimum absolute atomic E-state index is 0.226. The molecule has 1 N–H and O–H groups in total. The summed E-state index contributed by atoms with van der Waals surface area (Å²) >= 11 is 0. The van der Waals surface area contributed by atoms with Gasteiger partial charge in [-0.1, -0.05) is 16.9 Å². The van der Waals surface area contributed by atoms with Crippen LogP contribution in [0.4, 0.5) is 20.3 Å². The smallest absolute Gasteiger partial charge is 0.275 e. The number of anilines is 2. The molecule has 0 unspecified atom stereocenters. The van der Waals surface area contributed by atoms with Crippen molar-refractivity contribution in [1.29, 1.82) is 0 Å². The molecule has 146 valence electrons. The zero-order valence-electron chi connectivity index (χ0n) is 15.9. The van der Waals surface area contributed by atoms with Crippen LogP contribution in [0, 0.1) is 23.5 Å². The van der Waals surface area contributed by atoms with Gasteiger partial charge in [-0.25, -0.2) is 8.78 Å². The van der Waals surface area contributed by atoms with E-state index in [-0.39, 0.29) is 5.78 Å². The SMILES string of the molecule is CN(c1cc(F)cc(C#CC(C)(C)O)c1)c1nc2nnnn2c2ccc(F)cc12. The molecule has 0 fully saturated rings. The Morgan fingerprint density at radius 3 is 2.66 bits per heavy atom. The number of aromatic nitrogens is 5. The topological polar surface area (TPSA) is 79.4 Å². The molecule has 9 heteroatoms. The maximum Gasteiger partial charge on any atom is 0.275 e. The van der Waals surface area contributed by atoms with E-state index < -0.39 is 17.2 Å². The number of aliphatic hydroxyl groups is 1. The Hall–Kier alpha value is -3.64. The molecule has 0 aliphatic heterocycles. The number of nitrogens with zero attached hydrogens (tertiary/aromatic N) is 6. The first-order valence-electron chi connectivity index (χ1n) is 8.68. The van der Waals surface area contributed by atoms with E-state index in [0.717, 1.165) is 0 Å². The van der Waals surface area contributed by atoms with E-state index in [9.17, 15) is 13.9 Å². The molecule has 4 aromatic rings. The zero-order chi connectivity index (χ0) is 20.8. The number of hydrogen-bond donors (Lipinski definition) is 1. The van der Waals surface area contributed by atoms with Gasteiger partial charge in [-0.2, -0.15) is 9.50 Å². The van der Waals surface area contributed by atoms with E-state index in [1.165, 1.54) is 28.8 Å². The molecule has 0 saturated carbocycles. The molecule has 2 aromatic carbocycles. The van der Waals surface area contributed by atoms with E-state index in [0.29, 0.717) is 28.0 Å². The fourth-order valence-electron chi connectivity index (χ4n) is 2.88. The van der Waals surface area contributed by atoms with Crippen LogP contribution in [0.3, 0.4) is 0 Å². The summed E-state index contributed by atoms with van der Waals surface area (Å²) in [6, 6.07) is 8.42. The summed E-state index contributed by atoms with van der Waals surface area (Å²) in [6.07, 6.45) is 0. The highest BCUT2D eigenvalue weighted by atomic mass is 19.1. The number of tetrazole rings is 1. The average molecular weight is 394 g/mol. The van der Waals surface area contributed by atoms with E-state index in [1.807, 2.05) is 0 Å². The van der Waals surface area contributed by atoms with Crippen LogP contribution in [0.5, 0.6) is 0 Å². The van der Waals surface area contributed by atoms with Gasteiger partial charge in [0.1, 0.15) is 23.1 Å². The van der Waals surface area contributed by atoms with Gasteiger partial charge in [0.15, 0.2) is 0 Å². The molecule has 0 bridgehead atoms. The summed E-state index contributed by atoms with van der Waals surface area (Å²) in [5.74, 6) is 5.05. The lowest BCUT2D eigenvalue weighted by Crippen LogP contribution is -2.15. The lowest BCUT2D eigenvalue weighted by atomic mass is 10.1. The van der Waals surface area contributed by atoms with E-state index in [2.05, 4.69) is 32.4 Å². The summed E-state index contributed by atoms with van der Waals surface area (Å²) in [5.41, 5.74) is 0.177. The summed E-state index contributed by atoms with van der Waals surface area (Å²) in [5, 5.41) is 21.6. The highest BCUT2D eigenvalue weighted by Crippen LogP contribution is 2.31. The van der Waals surface area contributed by atoms with Crippen LogP contribution < -0.4 is 4.90 Å². The van der Waals surface area contributed by atoms with Crippen molar-refractivity contribution in [3.05, 3.63) is 53.6 Å². The molecule has 7 nitrogen and oxygen atoms in total. The van der Waals surface area contributed by atoms with Crippen LogP contribution in [-0.4, -0.2) is 42.8 Å². The summed E-state index contributed by atoms with van der Waals surface area (Å²) in [4.78, 5) is 6.02. The van der Waals surface area contributed by atoms with Crippen LogP contribution >= 0.6 is 0 Å². The van der Waals surface area contributed by atoms with Crippen molar-refractivity contribution >= 4 is 28.2 Å². The first-order valence-corrected chi connectivity index (χ1v) is 8.68. The highest BCUT2D eigenvalue weighted by Gasteiger charge is 2.17. The third kappa shape index (κ3) is 3.70. The van der Waals surface area contributed by atoms with E-state index >= 15 is 0 Å². The molecular weight excluding hydrogens is 378 g/mol. The molecule has 2 heterocycles. The van der Waals surface area contributed by atoms with Gasteiger partial charge >= 0.3 is 0 Å². The second-order valence-corrected chi connectivity index (χ2v) is 7.05. The fraction of sp³-hybridized carbons (Fsp3) is 0.200. The highest BCUT2D eigenvalue weighted by molar-refractivity contribution is 5.93. The quantitative estimate of drug-likeness (QED) is 0.527. The Bertz CT molecular complexity index is 1300. The number of rotatable bonds is 2. The van der Waals surface area contributed by atoms with Crippen LogP contribution in [0.2, 0.25) is 0 Å². The van der Waals surface area contributed by atoms with E-state index in [1.54, 1.807) is 37.9 Å². The Labute approximate surface area is 164 Å². The van der Waals surface area contributed by atoms with Crippen molar-refractivity contribution in [2.75, 3.05) is 11.9 Å². The molecule has 0 spiro atoms. The van der Waals surface area contributed by atoms with Crippen LogP contribution in [0.15, 0.2) is 36.4 Å². The molecule has 0 aliphatic rings. The molecule has 0 aliphatic carbocycles. The monoisotopic (exact) mass is 394 g/mol. The number of halogens is 2. The van der Waals surface area contributed by atoms with Gasteiger partial charge in [-0.05, 0) is 60.7 Å². The molecule has 0 amide bonds. The van der Waals surface area contributed by atoms with Crippen molar-refractivity contribution in [3.8, 4) is 11.8 Å². The van der Waals surface area contributed by atoms with Gasteiger partial charge in [-0.3, -0.25) is 0 Å². The Morgan fingerprint density at radius 2 is 1.90 bits per heavy atom. The maximum atomic E-state index is 14.2. The Morgan fingerprint density at radius 1 is 1.10 bits per heavy atom. The molecule has 0 atom stereocenters. The predicted octanol–water partition coefficient (Wildman–Crippen LogP) is 2.84. The van der Waals surface area contributed by atoms with Gasteiger partial charge < -0.3 is 10.0 Å². The van der Waals surface area contributed by atoms with Crippen molar-refractivity contribution < 1.29 is 13.9 Å². The molecular formula is C20H16F2N6O. The van der Waals surface area contributed by atoms with Gasteiger partial charge in [0, 0.05) is 23.7 Å². The predicted molar refractivity (Wildman–Crippen MR) is 104 cm³/mol. The third-order valence-electron chi connectivity index (χ3n) is 4.19. The van der Waals surface area contributed by atoms with Crippen molar-refractivity contribution in [2.24, 2.45) is 0 Å². The van der Waals surface area contributed by atoms with Crippen LogP contribution in [0.1, 0.15) is 19.4 Å². The summed E-state index contributed by atoms with van der Waals surface area (Å²) in [7, 11) is 1.68. The minimum Gasteiger partial charge on any atom is -0.378 e. The van der Waals surface area contributed by atoms with Crippen LogP contribution in [0.25, 0.3) is 16.7 Å². The number of hydrogen-bond acceptors (Lipinski definition) is 6. The average Bonchev–Trinajstić information content (AvgIpc) is 3.12.